The van der Waals surface area contributed by atoms with Crippen molar-refractivity contribution in [1.82, 2.24) is 14.9 Å². The van der Waals surface area contributed by atoms with Crippen LogP contribution in [0.3, 0.4) is 0 Å². The molecule has 4 nitrogen and oxygen atoms in total. The van der Waals surface area contributed by atoms with E-state index >= 15 is 0 Å². The summed E-state index contributed by atoms with van der Waals surface area (Å²) in [6.07, 6.45) is 6.93. The van der Waals surface area contributed by atoms with Gasteiger partial charge in [0.1, 0.15) is 5.82 Å². The molecule has 0 radical (unpaired) electrons. The molecule has 14 heavy (non-hydrogen) atoms. The third-order valence-corrected chi connectivity index (χ3v) is 2.47. The summed E-state index contributed by atoms with van der Waals surface area (Å²) in [6, 6.07) is 0.210. The van der Waals surface area contributed by atoms with Crippen LogP contribution in [-0.2, 0) is 17.8 Å². The van der Waals surface area contributed by atoms with E-state index in [9.17, 15) is 4.79 Å². The Labute approximate surface area is 82.6 Å². The van der Waals surface area contributed by atoms with Gasteiger partial charge in [-0.25, -0.2) is 4.98 Å². The van der Waals surface area contributed by atoms with Gasteiger partial charge in [0.15, 0.2) is 0 Å². The van der Waals surface area contributed by atoms with Crippen molar-refractivity contribution in [3.63, 3.8) is 0 Å². The highest BCUT2D eigenvalue weighted by Gasteiger charge is 2.18. The van der Waals surface area contributed by atoms with Crippen LogP contribution in [0.5, 0.6) is 0 Å². The Bertz CT molecular complexity index is 356. The van der Waals surface area contributed by atoms with Gasteiger partial charge < -0.3 is 9.88 Å². The Morgan fingerprint density at radius 1 is 1.79 bits per heavy atom. The van der Waals surface area contributed by atoms with Crippen LogP contribution in [0.25, 0.3) is 0 Å². The van der Waals surface area contributed by atoms with Crippen molar-refractivity contribution in [1.29, 1.82) is 0 Å². The van der Waals surface area contributed by atoms with Crippen molar-refractivity contribution in [2.24, 2.45) is 0 Å². The second-order valence-corrected chi connectivity index (χ2v) is 3.44. The molecule has 1 aromatic heterocycles. The fourth-order valence-corrected chi connectivity index (χ4v) is 1.74. The fraction of sp³-hybridized carbons (Fsp3) is 0.400. The van der Waals surface area contributed by atoms with E-state index in [1.54, 1.807) is 6.20 Å². The molecular formula is C10H13N3O. The average Bonchev–Trinajstić information content (AvgIpc) is 2.64. The van der Waals surface area contributed by atoms with Gasteiger partial charge in [-0.15, -0.1) is 0 Å². The molecule has 1 atom stereocenters. The summed E-state index contributed by atoms with van der Waals surface area (Å²) in [6.45, 7) is 4.24. The molecule has 1 N–H and O–H groups in total. The van der Waals surface area contributed by atoms with Crippen molar-refractivity contribution in [3.05, 3.63) is 30.9 Å². The predicted octanol–water partition coefficient (Wildman–Crippen LogP) is 0.500. The van der Waals surface area contributed by atoms with Crippen molar-refractivity contribution >= 4 is 5.91 Å². The minimum Gasteiger partial charge on any atom is -0.348 e. The van der Waals surface area contributed by atoms with Gasteiger partial charge in [-0.3, -0.25) is 4.79 Å². The summed E-state index contributed by atoms with van der Waals surface area (Å²) >= 11 is 0. The molecule has 1 aliphatic heterocycles. The van der Waals surface area contributed by atoms with Gasteiger partial charge in [-0.1, -0.05) is 6.58 Å². The summed E-state index contributed by atoms with van der Waals surface area (Å²) in [7, 11) is 0. The molecule has 1 unspecified atom stereocenters. The lowest BCUT2D eigenvalue weighted by Crippen LogP contribution is -2.40. The van der Waals surface area contributed by atoms with Crippen LogP contribution in [0.4, 0.5) is 0 Å². The number of carbonyl (C=O) groups excluding carboxylic acids is 1. The molecule has 0 saturated heterocycles. The van der Waals surface area contributed by atoms with E-state index in [4.69, 9.17) is 0 Å². The second kappa shape index (κ2) is 3.65. The summed E-state index contributed by atoms with van der Waals surface area (Å²) in [5.74, 6) is 1.01. The van der Waals surface area contributed by atoms with Crippen molar-refractivity contribution < 1.29 is 4.79 Å². The second-order valence-electron chi connectivity index (χ2n) is 3.44. The summed E-state index contributed by atoms with van der Waals surface area (Å²) in [4.78, 5) is 15.3. The number of hydrogen-bond donors (Lipinski definition) is 1. The molecule has 1 amide bonds. The van der Waals surface area contributed by atoms with E-state index in [1.807, 2.05) is 6.20 Å². The molecular weight excluding hydrogens is 178 g/mol. The number of amides is 1. The largest absolute Gasteiger partial charge is 0.348 e. The lowest BCUT2D eigenvalue weighted by molar-refractivity contribution is -0.117. The standard InChI is InChI=1S/C10H13N3O/c1-2-10(14)12-8-3-4-9-11-5-6-13(9)7-8/h2,5-6,8H,1,3-4,7H2,(H,12,14). The number of nitrogens with zero attached hydrogens (tertiary/aromatic N) is 2. The first-order valence-electron chi connectivity index (χ1n) is 4.72. The van der Waals surface area contributed by atoms with E-state index < -0.39 is 0 Å². The maximum absolute atomic E-state index is 11.1. The van der Waals surface area contributed by atoms with Crippen LogP contribution in [0.2, 0.25) is 0 Å². The van der Waals surface area contributed by atoms with Gasteiger partial charge in [0.25, 0.3) is 0 Å². The van der Waals surface area contributed by atoms with Gasteiger partial charge in [-0.2, -0.15) is 0 Å². The molecule has 74 valence electrons. The maximum Gasteiger partial charge on any atom is 0.243 e. The zero-order valence-corrected chi connectivity index (χ0v) is 7.94. The first-order valence-corrected chi connectivity index (χ1v) is 4.72. The van der Waals surface area contributed by atoms with E-state index in [2.05, 4.69) is 21.4 Å². The summed E-state index contributed by atoms with van der Waals surface area (Å²) < 4.78 is 2.08. The number of aromatic nitrogens is 2. The van der Waals surface area contributed by atoms with Crippen LogP contribution in [0, 0.1) is 0 Å². The van der Waals surface area contributed by atoms with Crippen LogP contribution in [-0.4, -0.2) is 21.5 Å². The molecule has 0 aliphatic carbocycles. The smallest absolute Gasteiger partial charge is 0.243 e. The highest BCUT2D eigenvalue weighted by molar-refractivity contribution is 5.87. The highest BCUT2D eigenvalue weighted by atomic mass is 16.1. The molecule has 2 heterocycles. The normalized spacial score (nSPS) is 19.9. The van der Waals surface area contributed by atoms with E-state index in [1.165, 1.54) is 6.08 Å². The van der Waals surface area contributed by atoms with E-state index in [0.717, 1.165) is 25.2 Å². The van der Waals surface area contributed by atoms with E-state index in [0.29, 0.717) is 0 Å². The lowest BCUT2D eigenvalue weighted by Gasteiger charge is -2.24. The number of nitrogens with one attached hydrogen (secondary N) is 1. The number of carbonyl (C=O) groups is 1. The van der Waals surface area contributed by atoms with Gasteiger partial charge in [0, 0.05) is 31.4 Å². The number of rotatable bonds is 2. The molecule has 0 spiro atoms. The Morgan fingerprint density at radius 3 is 3.43 bits per heavy atom. The Balaban J connectivity index is 2.00. The fourth-order valence-electron chi connectivity index (χ4n) is 1.74. The molecule has 0 saturated carbocycles. The third kappa shape index (κ3) is 1.69. The molecule has 0 aromatic carbocycles. The molecule has 4 heteroatoms. The topological polar surface area (TPSA) is 46.9 Å². The number of hydrogen-bond acceptors (Lipinski definition) is 2. The van der Waals surface area contributed by atoms with Crippen LogP contribution < -0.4 is 5.32 Å². The first-order chi connectivity index (χ1) is 6.79. The van der Waals surface area contributed by atoms with Gasteiger partial charge in [0.2, 0.25) is 5.91 Å². The maximum atomic E-state index is 11.1. The molecule has 1 aliphatic rings. The van der Waals surface area contributed by atoms with Crippen LogP contribution in [0.1, 0.15) is 12.2 Å². The predicted molar refractivity (Wildman–Crippen MR) is 52.7 cm³/mol. The molecule has 0 fully saturated rings. The third-order valence-electron chi connectivity index (χ3n) is 2.47. The zero-order valence-electron chi connectivity index (χ0n) is 7.94. The van der Waals surface area contributed by atoms with Gasteiger partial charge in [0.05, 0.1) is 0 Å². The Hall–Kier alpha value is -1.58. The van der Waals surface area contributed by atoms with Crippen LogP contribution >= 0.6 is 0 Å². The minimum absolute atomic E-state index is 0.0986. The SMILES string of the molecule is C=CC(=O)NC1CCc2nccn2C1. The quantitative estimate of drug-likeness (QED) is 0.692. The lowest BCUT2D eigenvalue weighted by atomic mass is 10.1. The number of aryl methyl sites for hydroxylation is 1. The highest BCUT2D eigenvalue weighted by Crippen LogP contribution is 2.12. The average molecular weight is 191 g/mol. The zero-order chi connectivity index (χ0) is 9.97. The van der Waals surface area contributed by atoms with Crippen LogP contribution in [0.15, 0.2) is 25.0 Å². The Morgan fingerprint density at radius 2 is 2.64 bits per heavy atom. The van der Waals surface area contributed by atoms with E-state index in [-0.39, 0.29) is 11.9 Å². The van der Waals surface area contributed by atoms with Gasteiger partial charge in [-0.05, 0) is 12.5 Å². The minimum atomic E-state index is -0.0986. The number of fused-ring (bicyclic) bond motifs is 1. The monoisotopic (exact) mass is 191 g/mol. The van der Waals surface area contributed by atoms with Crippen molar-refractivity contribution in [2.75, 3.05) is 0 Å². The van der Waals surface area contributed by atoms with Gasteiger partial charge >= 0.3 is 0 Å². The molecule has 0 bridgehead atoms. The Kier molecular flexibility index (Phi) is 2.35. The molecule has 1 aromatic rings. The van der Waals surface area contributed by atoms with Crippen molar-refractivity contribution in [3.8, 4) is 0 Å². The molecule has 2 rings (SSSR count). The number of imidazole rings is 1. The summed E-state index contributed by atoms with van der Waals surface area (Å²) in [5, 5.41) is 2.89. The summed E-state index contributed by atoms with van der Waals surface area (Å²) in [5.41, 5.74) is 0. The van der Waals surface area contributed by atoms with Crippen molar-refractivity contribution in [2.45, 2.75) is 25.4 Å². The first kappa shape index (κ1) is 8.99.